The maximum atomic E-state index is 12.5. The number of carbonyl (C=O) groups is 1. The van der Waals surface area contributed by atoms with Gasteiger partial charge in [0.1, 0.15) is 5.75 Å². The van der Waals surface area contributed by atoms with Crippen molar-refractivity contribution in [2.24, 2.45) is 0 Å². The van der Waals surface area contributed by atoms with Crippen molar-refractivity contribution in [3.8, 4) is 5.75 Å². The summed E-state index contributed by atoms with van der Waals surface area (Å²) in [6.45, 7) is -0.142. The van der Waals surface area contributed by atoms with Gasteiger partial charge in [0.2, 0.25) is 0 Å². The van der Waals surface area contributed by atoms with Crippen molar-refractivity contribution < 1.29 is 15.0 Å². The summed E-state index contributed by atoms with van der Waals surface area (Å²) in [5, 5.41) is 20.6. The molecule has 1 amide bonds. The number of aliphatic hydroxyl groups is 1. The Labute approximate surface area is 132 Å². The molecule has 0 aliphatic carbocycles. The Kier molecular flexibility index (Phi) is 2.92. The van der Waals surface area contributed by atoms with Crippen molar-refractivity contribution >= 4 is 16.8 Å². The Morgan fingerprint density at radius 2 is 2.00 bits per heavy atom. The molecule has 3 aromatic rings. The second-order valence-electron chi connectivity index (χ2n) is 5.81. The van der Waals surface area contributed by atoms with E-state index >= 15 is 0 Å². The van der Waals surface area contributed by atoms with Gasteiger partial charge in [-0.1, -0.05) is 18.2 Å². The lowest BCUT2D eigenvalue weighted by atomic mass is 9.95. The molecule has 0 fully saturated rings. The molecule has 1 aliphatic heterocycles. The van der Waals surface area contributed by atoms with Crippen LogP contribution in [0.3, 0.4) is 0 Å². The van der Waals surface area contributed by atoms with Gasteiger partial charge in [-0.2, -0.15) is 0 Å². The maximum absolute atomic E-state index is 12.5. The number of hydrogen-bond donors (Lipinski definition) is 3. The van der Waals surface area contributed by atoms with Crippen LogP contribution in [-0.4, -0.2) is 33.1 Å². The standard InChI is InChI=1S/C18H16N2O3/c1-20-17(13-8-10(22)6-7-11(13)18(20)23)16-12-4-2-3-5-14(12)19-15(16)9-21/h2-8,17,19,21-22H,9H2,1H3. The van der Waals surface area contributed by atoms with E-state index < -0.39 is 0 Å². The first-order chi connectivity index (χ1) is 11.1. The summed E-state index contributed by atoms with van der Waals surface area (Å²) in [6.07, 6.45) is 0. The quantitative estimate of drug-likeness (QED) is 0.681. The third-order valence-corrected chi connectivity index (χ3v) is 4.53. The van der Waals surface area contributed by atoms with Crippen LogP contribution in [0, 0.1) is 0 Å². The van der Waals surface area contributed by atoms with E-state index in [1.54, 1.807) is 24.1 Å². The number of fused-ring (bicyclic) bond motifs is 2. The van der Waals surface area contributed by atoms with Gasteiger partial charge in [-0.05, 0) is 29.8 Å². The van der Waals surface area contributed by atoms with Crippen molar-refractivity contribution in [2.75, 3.05) is 7.05 Å². The minimum absolute atomic E-state index is 0.0841. The van der Waals surface area contributed by atoms with E-state index in [0.717, 1.165) is 22.0 Å². The minimum atomic E-state index is -0.331. The van der Waals surface area contributed by atoms with Crippen LogP contribution in [0.15, 0.2) is 42.5 Å². The molecule has 0 radical (unpaired) electrons. The molecular formula is C18H16N2O3. The number of aromatic hydroxyl groups is 1. The van der Waals surface area contributed by atoms with Gasteiger partial charge in [-0.15, -0.1) is 0 Å². The van der Waals surface area contributed by atoms with E-state index in [2.05, 4.69) is 4.98 Å². The fourth-order valence-corrected chi connectivity index (χ4v) is 3.49. The molecule has 0 saturated carbocycles. The molecule has 0 bridgehead atoms. The largest absolute Gasteiger partial charge is 0.508 e. The molecule has 4 rings (SSSR count). The number of aliphatic hydroxyl groups excluding tert-OH is 1. The average Bonchev–Trinajstić information content (AvgIpc) is 3.03. The highest BCUT2D eigenvalue weighted by molar-refractivity contribution is 6.01. The van der Waals surface area contributed by atoms with Crippen LogP contribution in [0.2, 0.25) is 0 Å². The Bertz CT molecular complexity index is 929. The van der Waals surface area contributed by atoms with Crippen LogP contribution in [0.25, 0.3) is 10.9 Å². The van der Waals surface area contributed by atoms with Crippen LogP contribution in [0.5, 0.6) is 5.75 Å². The lowest BCUT2D eigenvalue weighted by Crippen LogP contribution is -2.24. The number of para-hydroxylation sites is 1. The number of benzene rings is 2. The van der Waals surface area contributed by atoms with Gasteiger partial charge in [0.05, 0.1) is 12.6 Å². The van der Waals surface area contributed by atoms with E-state index in [1.165, 1.54) is 6.07 Å². The van der Waals surface area contributed by atoms with E-state index in [0.29, 0.717) is 11.3 Å². The second kappa shape index (κ2) is 4.86. The Morgan fingerprint density at radius 1 is 1.22 bits per heavy atom. The number of rotatable bonds is 2. The number of H-pyrrole nitrogens is 1. The fraction of sp³-hybridized carbons (Fsp3) is 0.167. The summed E-state index contributed by atoms with van der Waals surface area (Å²) in [7, 11) is 1.74. The van der Waals surface area contributed by atoms with Crippen molar-refractivity contribution in [3.05, 3.63) is 64.8 Å². The number of hydrogen-bond acceptors (Lipinski definition) is 3. The van der Waals surface area contributed by atoms with E-state index in [-0.39, 0.29) is 24.3 Å². The molecule has 0 saturated heterocycles. The molecule has 2 heterocycles. The number of nitrogens with zero attached hydrogens (tertiary/aromatic N) is 1. The van der Waals surface area contributed by atoms with Gasteiger partial charge in [0.25, 0.3) is 5.91 Å². The predicted molar refractivity (Wildman–Crippen MR) is 86.3 cm³/mol. The van der Waals surface area contributed by atoms with Crippen molar-refractivity contribution in [1.82, 2.24) is 9.88 Å². The Balaban J connectivity index is 2.02. The highest BCUT2D eigenvalue weighted by atomic mass is 16.3. The summed E-state index contributed by atoms with van der Waals surface area (Å²) in [5.74, 6) is 0.0430. The van der Waals surface area contributed by atoms with Crippen molar-refractivity contribution in [2.45, 2.75) is 12.6 Å². The number of carbonyl (C=O) groups excluding carboxylic acids is 1. The molecule has 1 atom stereocenters. The number of aromatic nitrogens is 1. The van der Waals surface area contributed by atoms with Crippen LogP contribution < -0.4 is 0 Å². The molecule has 5 heteroatoms. The Hall–Kier alpha value is -2.79. The summed E-state index contributed by atoms with van der Waals surface area (Å²) in [4.78, 5) is 17.4. The molecule has 1 aromatic heterocycles. The van der Waals surface area contributed by atoms with Gasteiger partial charge in [-0.25, -0.2) is 0 Å². The number of phenols is 1. The molecule has 116 valence electrons. The minimum Gasteiger partial charge on any atom is -0.508 e. The molecule has 3 N–H and O–H groups in total. The molecule has 0 spiro atoms. The highest BCUT2D eigenvalue weighted by Gasteiger charge is 2.38. The molecule has 1 unspecified atom stereocenters. The molecule has 2 aromatic carbocycles. The number of aromatic amines is 1. The Morgan fingerprint density at radius 3 is 2.78 bits per heavy atom. The van der Waals surface area contributed by atoms with Crippen LogP contribution >= 0.6 is 0 Å². The van der Waals surface area contributed by atoms with E-state index in [4.69, 9.17) is 0 Å². The van der Waals surface area contributed by atoms with E-state index in [9.17, 15) is 15.0 Å². The molecular weight excluding hydrogens is 292 g/mol. The van der Waals surface area contributed by atoms with Crippen molar-refractivity contribution in [3.63, 3.8) is 0 Å². The number of amides is 1. The van der Waals surface area contributed by atoms with Gasteiger partial charge >= 0.3 is 0 Å². The van der Waals surface area contributed by atoms with Crippen LogP contribution in [-0.2, 0) is 6.61 Å². The van der Waals surface area contributed by atoms with Gasteiger partial charge in [0, 0.05) is 34.8 Å². The zero-order chi connectivity index (χ0) is 16.1. The normalized spacial score (nSPS) is 17.0. The first kappa shape index (κ1) is 13.8. The van der Waals surface area contributed by atoms with Crippen LogP contribution in [0.4, 0.5) is 0 Å². The van der Waals surface area contributed by atoms with E-state index in [1.807, 2.05) is 24.3 Å². The summed E-state index contributed by atoms with van der Waals surface area (Å²) >= 11 is 0. The summed E-state index contributed by atoms with van der Waals surface area (Å²) < 4.78 is 0. The zero-order valence-electron chi connectivity index (χ0n) is 12.6. The summed E-state index contributed by atoms with van der Waals surface area (Å²) in [5.41, 5.74) is 3.83. The van der Waals surface area contributed by atoms with Crippen molar-refractivity contribution in [1.29, 1.82) is 0 Å². The zero-order valence-corrected chi connectivity index (χ0v) is 12.6. The molecule has 1 aliphatic rings. The maximum Gasteiger partial charge on any atom is 0.254 e. The smallest absolute Gasteiger partial charge is 0.254 e. The summed E-state index contributed by atoms with van der Waals surface area (Å²) in [6, 6.07) is 12.2. The van der Waals surface area contributed by atoms with Crippen LogP contribution in [0.1, 0.15) is 33.2 Å². The predicted octanol–water partition coefficient (Wildman–Crippen LogP) is 2.54. The monoisotopic (exact) mass is 308 g/mol. The van der Waals surface area contributed by atoms with Gasteiger partial charge < -0.3 is 20.1 Å². The lowest BCUT2D eigenvalue weighted by molar-refractivity contribution is 0.0793. The van der Waals surface area contributed by atoms with Gasteiger partial charge in [0.15, 0.2) is 0 Å². The third-order valence-electron chi connectivity index (χ3n) is 4.53. The number of nitrogens with one attached hydrogen (secondary N) is 1. The number of phenolic OH excluding ortho intramolecular Hbond substituents is 1. The first-order valence-corrected chi connectivity index (χ1v) is 7.42. The lowest BCUT2D eigenvalue weighted by Gasteiger charge is -2.22. The second-order valence-corrected chi connectivity index (χ2v) is 5.81. The topological polar surface area (TPSA) is 76.6 Å². The highest BCUT2D eigenvalue weighted by Crippen LogP contribution is 2.42. The SMILES string of the molecule is CN1C(=O)c2ccc(O)cc2C1c1c(CO)[nH]c2ccccc12. The molecule has 5 nitrogen and oxygen atoms in total. The first-order valence-electron chi connectivity index (χ1n) is 7.42. The molecule has 23 heavy (non-hydrogen) atoms. The average molecular weight is 308 g/mol. The fourth-order valence-electron chi connectivity index (χ4n) is 3.49. The van der Waals surface area contributed by atoms with Gasteiger partial charge in [-0.3, -0.25) is 4.79 Å². The third kappa shape index (κ3) is 1.87.